The van der Waals surface area contributed by atoms with Crippen LogP contribution in [0.15, 0.2) is 18.2 Å². The molecule has 0 spiro atoms. The lowest BCUT2D eigenvalue weighted by molar-refractivity contribution is -0.384. The maximum atomic E-state index is 11.1. The third-order valence-electron chi connectivity index (χ3n) is 3.49. The van der Waals surface area contributed by atoms with Gasteiger partial charge < -0.3 is 15.2 Å². The minimum atomic E-state index is -0.999. The van der Waals surface area contributed by atoms with Gasteiger partial charge in [-0.3, -0.25) is 14.9 Å². The van der Waals surface area contributed by atoms with Crippen molar-refractivity contribution < 1.29 is 19.6 Å². The number of hydrogen-bond acceptors (Lipinski definition) is 5. The van der Waals surface area contributed by atoms with Crippen LogP contribution in [-0.4, -0.2) is 35.2 Å². The summed E-state index contributed by atoms with van der Waals surface area (Å²) in [7, 11) is 1.60. The Bertz CT molecular complexity index is 532. The van der Waals surface area contributed by atoms with Crippen molar-refractivity contribution in [3.8, 4) is 5.75 Å². The van der Waals surface area contributed by atoms with Crippen LogP contribution in [-0.2, 0) is 4.79 Å². The van der Waals surface area contributed by atoms with Gasteiger partial charge in [0.15, 0.2) is 0 Å². The number of nitrogens with zero attached hydrogens (tertiary/aromatic N) is 1. The van der Waals surface area contributed by atoms with Crippen LogP contribution in [0.3, 0.4) is 0 Å². The minimum absolute atomic E-state index is 0.0267. The minimum Gasteiger partial charge on any atom is -0.493 e. The summed E-state index contributed by atoms with van der Waals surface area (Å²) < 4.78 is 5.52. The van der Waals surface area contributed by atoms with Gasteiger partial charge >= 0.3 is 5.97 Å². The fourth-order valence-electron chi connectivity index (χ4n) is 1.80. The van der Waals surface area contributed by atoms with E-state index in [1.54, 1.807) is 27.0 Å². The van der Waals surface area contributed by atoms with Crippen LogP contribution in [0.2, 0.25) is 0 Å². The van der Waals surface area contributed by atoms with E-state index in [2.05, 4.69) is 5.32 Å². The molecular formula is C14H20N2O5. The van der Waals surface area contributed by atoms with Gasteiger partial charge in [0, 0.05) is 6.07 Å². The van der Waals surface area contributed by atoms with Gasteiger partial charge in [0.2, 0.25) is 0 Å². The molecule has 116 valence electrons. The number of carboxylic acid groups (broad SMARTS) is 1. The first-order chi connectivity index (χ1) is 9.80. The van der Waals surface area contributed by atoms with E-state index in [0.717, 1.165) is 5.56 Å². The summed E-state index contributed by atoms with van der Waals surface area (Å²) in [5.74, 6) is -0.470. The van der Waals surface area contributed by atoms with Crippen LogP contribution >= 0.6 is 0 Å². The number of rotatable bonds is 8. The van der Waals surface area contributed by atoms with Crippen molar-refractivity contribution in [1.29, 1.82) is 0 Å². The smallest absolute Gasteiger partial charge is 0.323 e. The molecule has 0 heterocycles. The zero-order valence-electron chi connectivity index (χ0n) is 12.4. The predicted octanol–water partition coefficient (Wildman–Crippen LogP) is 2.12. The van der Waals surface area contributed by atoms with Crippen molar-refractivity contribution in [3.05, 3.63) is 33.9 Å². The second-order valence-corrected chi connectivity index (χ2v) is 5.05. The summed E-state index contributed by atoms with van der Waals surface area (Å²) in [6.07, 6.45) is 0.915. The van der Waals surface area contributed by atoms with Crippen LogP contribution in [0.25, 0.3) is 0 Å². The van der Waals surface area contributed by atoms with E-state index in [1.165, 1.54) is 12.1 Å². The van der Waals surface area contributed by atoms with E-state index in [0.29, 0.717) is 25.2 Å². The summed E-state index contributed by atoms with van der Waals surface area (Å²) in [5, 5.41) is 22.6. The topological polar surface area (TPSA) is 102 Å². The van der Waals surface area contributed by atoms with Crippen LogP contribution in [0.1, 0.15) is 25.3 Å². The molecule has 7 heteroatoms. The molecule has 0 saturated carbocycles. The molecule has 0 saturated heterocycles. The quantitative estimate of drug-likeness (QED) is 0.433. The molecule has 0 aliphatic carbocycles. The summed E-state index contributed by atoms with van der Waals surface area (Å²) in [4.78, 5) is 21.4. The maximum Gasteiger partial charge on any atom is 0.323 e. The average Bonchev–Trinajstić information content (AvgIpc) is 2.44. The number of nitro groups is 1. The number of nitro benzene ring substituents is 1. The molecule has 1 aromatic carbocycles. The fraction of sp³-hybridized carbons (Fsp3) is 0.500. The van der Waals surface area contributed by atoms with E-state index in [-0.39, 0.29) is 5.69 Å². The van der Waals surface area contributed by atoms with Crippen LogP contribution in [0, 0.1) is 17.0 Å². The van der Waals surface area contributed by atoms with Crippen molar-refractivity contribution >= 4 is 11.7 Å². The maximum absolute atomic E-state index is 11.1. The molecule has 21 heavy (non-hydrogen) atoms. The fourth-order valence-corrected chi connectivity index (χ4v) is 1.80. The molecule has 0 aliphatic heterocycles. The predicted molar refractivity (Wildman–Crippen MR) is 77.7 cm³/mol. The normalized spacial score (nSPS) is 13.5. The highest BCUT2D eigenvalue weighted by Gasteiger charge is 2.30. The number of likely N-dealkylation sites (N-methyl/N-ethyl adjacent to an activating group) is 1. The Balaban J connectivity index is 2.59. The molecule has 2 N–H and O–H groups in total. The Morgan fingerprint density at radius 1 is 1.52 bits per heavy atom. The summed E-state index contributed by atoms with van der Waals surface area (Å²) >= 11 is 0. The van der Waals surface area contributed by atoms with Crippen LogP contribution in [0.5, 0.6) is 5.75 Å². The summed E-state index contributed by atoms with van der Waals surface area (Å²) in [5.41, 5.74) is -0.224. The van der Waals surface area contributed by atoms with Gasteiger partial charge in [-0.05, 0) is 45.4 Å². The monoisotopic (exact) mass is 296 g/mol. The Hall–Kier alpha value is -2.15. The van der Waals surface area contributed by atoms with Gasteiger partial charge in [-0.1, -0.05) is 0 Å². The SMILES string of the molecule is CNC(C)(CCCOc1cc([N+](=O)[O-])ccc1C)C(=O)O. The Labute approximate surface area is 123 Å². The molecule has 0 amide bonds. The third-order valence-corrected chi connectivity index (χ3v) is 3.49. The number of benzene rings is 1. The van der Waals surface area contributed by atoms with Crippen molar-refractivity contribution in [2.24, 2.45) is 0 Å². The van der Waals surface area contributed by atoms with E-state index in [1.807, 2.05) is 0 Å². The van der Waals surface area contributed by atoms with E-state index >= 15 is 0 Å². The largest absolute Gasteiger partial charge is 0.493 e. The van der Waals surface area contributed by atoms with E-state index in [4.69, 9.17) is 9.84 Å². The molecule has 0 bridgehead atoms. The Morgan fingerprint density at radius 3 is 2.71 bits per heavy atom. The number of non-ortho nitro benzene ring substituents is 1. The second-order valence-electron chi connectivity index (χ2n) is 5.05. The number of ether oxygens (including phenoxy) is 1. The molecule has 7 nitrogen and oxygen atoms in total. The van der Waals surface area contributed by atoms with Gasteiger partial charge in [0.05, 0.1) is 17.6 Å². The molecule has 1 aromatic rings. The number of hydrogen-bond donors (Lipinski definition) is 2. The van der Waals surface area contributed by atoms with Crippen molar-refractivity contribution in [2.45, 2.75) is 32.2 Å². The summed E-state index contributed by atoms with van der Waals surface area (Å²) in [6, 6.07) is 4.43. The number of carbonyl (C=O) groups is 1. The average molecular weight is 296 g/mol. The highest BCUT2D eigenvalue weighted by molar-refractivity contribution is 5.78. The molecule has 0 aromatic heterocycles. The Morgan fingerprint density at radius 2 is 2.19 bits per heavy atom. The first kappa shape index (κ1) is 16.9. The molecule has 0 fully saturated rings. The molecule has 0 radical (unpaired) electrons. The van der Waals surface area contributed by atoms with Gasteiger partial charge in [-0.2, -0.15) is 0 Å². The first-order valence-corrected chi connectivity index (χ1v) is 6.60. The number of aliphatic carboxylic acids is 1. The highest BCUT2D eigenvalue weighted by atomic mass is 16.6. The standard InChI is InChI=1S/C14H20N2O5/c1-10-5-6-11(16(19)20)9-12(10)21-8-4-7-14(2,15-3)13(17)18/h5-6,9,15H,4,7-8H2,1-3H3,(H,17,18). The van der Waals surface area contributed by atoms with Crippen LogP contribution < -0.4 is 10.1 Å². The van der Waals surface area contributed by atoms with Gasteiger partial charge in [-0.25, -0.2) is 0 Å². The van der Waals surface area contributed by atoms with Gasteiger partial charge in [-0.15, -0.1) is 0 Å². The van der Waals surface area contributed by atoms with E-state index in [9.17, 15) is 14.9 Å². The zero-order valence-corrected chi connectivity index (χ0v) is 12.4. The second kappa shape index (κ2) is 7.03. The highest BCUT2D eigenvalue weighted by Crippen LogP contribution is 2.24. The number of nitrogens with one attached hydrogen (secondary N) is 1. The van der Waals surface area contributed by atoms with Crippen molar-refractivity contribution in [3.63, 3.8) is 0 Å². The zero-order chi connectivity index (χ0) is 16.0. The van der Waals surface area contributed by atoms with Crippen molar-refractivity contribution in [1.82, 2.24) is 5.32 Å². The van der Waals surface area contributed by atoms with Crippen LogP contribution in [0.4, 0.5) is 5.69 Å². The summed E-state index contributed by atoms with van der Waals surface area (Å²) in [6.45, 7) is 3.70. The molecule has 1 unspecified atom stereocenters. The first-order valence-electron chi connectivity index (χ1n) is 6.60. The Kier molecular flexibility index (Phi) is 5.66. The van der Waals surface area contributed by atoms with Gasteiger partial charge in [0.1, 0.15) is 11.3 Å². The molecule has 0 aliphatic rings. The molecule has 1 rings (SSSR count). The van der Waals surface area contributed by atoms with E-state index < -0.39 is 16.4 Å². The molecule has 1 atom stereocenters. The number of aryl methyl sites for hydroxylation is 1. The van der Waals surface area contributed by atoms with Gasteiger partial charge in [0.25, 0.3) is 5.69 Å². The number of carboxylic acids is 1. The lowest BCUT2D eigenvalue weighted by atomic mass is 9.96. The lowest BCUT2D eigenvalue weighted by Crippen LogP contribution is -2.47. The molecular weight excluding hydrogens is 276 g/mol. The third kappa shape index (κ3) is 4.42. The van der Waals surface area contributed by atoms with Crippen molar-refractivity contribution in [2.75, 3.05) is 13.7 Å². The lowest BCUT2D eigenvalue weighted by Gasteiger charge is -2.24.